The first-order valence-electron chi connectivity index (χ1n) is 8.25. The minimum atomic E-state index is -0.172. The van der Waals surface area contributed by atoms with Crippen LogP contribution in [0.1, 0.15) is 25.6 Å². The molecule has 1 aliphatic heterocycles. The van der Waals surface area contributed by atoms with E-state index in [1.54, 1.807) is 18.2 Å². The van der Waals surface area contributed by atoms with Gasteiger partial charge in [-0.25, -0.2) is 4.98 Å². The van der Waals surface area contributed by atoms with Crippen LogP contribution >= 0.6 is 11.6 Å². The Morgan fingerprint density at radius 3 is 2.75 bits per heavy atom. The predicted octanol–water partition coefficient (Wildman–Crippen LogP) is 2.02. The summed E-state index contributed by atoms with van der Waals surface area (Å²) >= 11 is 5.93. The number of halogens is 1. The van der Waals surface area contributed by atoms with Gasteiger partial charge in [-0.15, -0.1) is 0 Å². The quantitative estimate of drug-likeness (QED) is 0.917. The van der Waals surface area contributed by atoms with Crippen molar-refractivity contribution in [3.8, 4) is 0 Å². The summed E-state index contributed by atoms with van der Waals surface area (Å²) in [6, 6.07) is 5.13. The van der Waals surface area contributed by atoms with Crippen molar-refractivity contribution >= 4 is 28.4 Å². The second-order valence-electron chi connectivity index (χ2n) is 6.08. The number of nitrogens with zero attached hydrogens (tertiary/aromatic N) is 3. The number of hydrogen-bond donors (Lipinski definition) is 1. The Labute approximate surface area is 145 Å². The molecule has 7 heteroatoms. The molecule has 1 aromatic carbocycles. The van der Waals surface area contributed by atoms with Gasteiger partial charge in [-0.05, 0) is 24.6 Å². The van der Waals surface area contributed by atoms with Crippen LogP contribution in [0.15, 0.2) is 23.0 Å². The van der Waals surface area contributed by atoms with Gasteiger partial charge in [0, 0.05) is 37.6 Å². The van der Waals surface area contributed by atoms with Crippen LogP contribution in [0.4, 0.5) is 0 Å². The molecule has 0 radical (unpaired) electrons. The molecule has 1 aliphatic rings. The largest absolute Gasteiger partial charge is 0.340 e. The van der Waals surface area contributed by atoms with E-state index in [0.29, 0.717) is 34.7 Å². The lowest BCUT2D eigenvalue weighted by molar-refractivity contribution is -0.133. The molecule has 24 heavy (non-hydrogen) atoms. The van der Waals surface area contributed by atoms with E-state index in [1.807, 2.05) is 11.8 Å². The first-order valence-corrected chi connectivity index (χ1v) is 8.63. The van der Waals surface area contributed by atoms with Crippen LogP contribution in [0.3, 0.4) is 0 Å². The molecule has 1 saturated heterocycles. The van der Waals surface area contributed by atoms with Crippen molar-refractivity contribution < 1.29 is 4.79 Å². The molecule has 0 spiro atoms. The van der Waals surface area contributed by atoms with Crippen molar-refractivity contribution in [2.45, 2.75) is 26.3 Å². The molecule has 1 amide bonds. The van der Waals surface area contributed by atoms with Crippen LogP contribution in [-0.4, -0.2) is 51.9 Å². The van der Waals surface area contributed by atoms with Crippen molar-refractivity contribution in [2.75, 3.05) is 26.2 Å². The molecule has 2 heterocycles. The van der Waals surface area contributed by atoms with Gasteiger partial charge in [0.1, 0.15) is 5.82 Å². The summed E-state index contributed by atoms with van der Waals surface area (Å²) < 4.78 is 0. The lowest BCUT2D eigenvalue weighted by Gasteiger charge is -2.34. The summed E-state index contributed by atoms with van der Waals surface area (Å²) in [5.41, 5.74) is 0.476. The smallest absolute Gasteiger partial charge is 0.258 e. The predicted molar refractivity (Wildman–Crippen MR) is 94.1 cm³/mol. The average Bonchev–Trinajstić information content (AvgIpc) is 2.56. The summed E-state index contributed by atoms with van der Waals surface area (Å²) in [6.07, 6.45) is 1.49. The average molecular weight is 349 g/mol. The second kappa shape index (κ2) is 7.32. The molecule has 1 N–H and O–H groups in total. The van der Waals surface area contributed by atoms with E-state index in [4.69, 9.17) is 11.6 Å². The van der Waals surface area contributed by atoms with Gasteiger partial charge in [-0.3, -0.25) is 14.5 Å². The molecule has 128 valence electrons. The number of aromatic amines is 1. The Hall–Kier alpha value is -1.92. The second-order valence-corrected chi connectivity index (χ2v) is 6.52. The number of H-pyrrole nitrogens is 1. The van der Waals surface area contributed by atoms with Crippen LogP contribution in [-0.2, 0) is 11.3 Å². The van der Waals surface area contributed by atoms with Crippen LogP contribution in [0.25, 0.3) is 10.9 Å². The van der Waals surface area contributed by atoms with E-state index in [2.05, 4.69) is 14.9 Å². The third kappa shape index (κ3) is 3.76. The van der Waals surface area contributed by atoms with E-state index < -0.39 is 0 Å². The molecule has 1 fully saturated rings. The third-order valence-corrected chi connectivity index (χ3v) is 4.51. The number of benzene rings is 1. The Morgan fingerprint density at radius 2 is 2.04 bits per heavy atom. The number of aromatic nitrogens is 2. The summed E-state index contributed by atoms with van der Waals surface area (Å²) in [5.74, 6) is 0.870. The number of piperazine rings is 1. The highest BCUT2D eigenvalue weighted by Gasteiger charge is 2.21. The number of amides is 1. The zero-order valence-electron chi connectivity index (χ0n) is 13.7. The van der Waals surface area contributed by atoms with Gasteiger partial charge in [0.2, 0.25) is 5.91 Å². The van der Waals surface area contributed by atoms with Crippen LogP contribution in [0.2, 0.25) is 5.02 Å². The SMILES string of the molecule is CCCC(=O)N1CCN(Cc2nc3ccc(Cl)cc3c(=O)[nH]2)CC1. The molecule has 2 aromatic rings. The van der Waals surface area contributed by atoms with Gasteiger partial charge < -0.3 is 9.88 Å². The molecule has 3 rings (SSSR count). The first-order chi connectivity index (χ1) is 11.6. The topological polar surface area (TPSA) is 69.3 Å². The lowest BCUT2D eigenvalue weighted by Crippen LogP contribution is -2.48. The van der Waals surface area contributed by atoms with E-state index in [0.717, 1.165) is 32.6 Å². The maximum absolute atomic E-state index is 12.2. The molecule has 0 unspecified atom stereocenters. The molecule has 0 atom stereocenters. The molecule has 0 saturated carbocycles. The molecule has 0 aliphatic carbocycles. The Balaban J connectivity index is 1.67. The fraction of sp³-hybridized carbons (Fsp3) is 0.471. The molecular weight excluding hydrogens is 328 g/mol. The number of fused-ring (bicyclic) bond motifs is 1. The standard InChI is InChI=1S/C17H21ClN4O2/c1-2-3-16(23)22-8-6-21(7-9-22)11-15-19-14-5-4-12(18)10-13(14)17(24)20-15/h4-5,10H,2-3,6-9,11H2,1H3,(H,19,20,24). The highest BCUT2D eigenvalue weighted by Crippen LogP contribution is 2.15. The minimum absolute atomic E-state index is 0.172. The Bertz CT molecular complexity index is 797. The van der Waals surface area contributed by atoms with Gasteiger partial charge in [0.15, 0.2) is 0 Å². The van der Waals surface area contributed by atoms with E-state index >= 15 is 0 Å². The highest BCUT2D eigenvalue weighted by molar-refractivity contribution is 6.31. The first kappa shape index (κ1) is 16.9. The molecule has 6 nitrogen and oxygen atoms in total. The highest BCUT2D eigenvalue weighted by atomic mass is 35.5. The van der Waals surface area contributed by atoms with Crippen LogP contribution < -0.4 is 5.56 Å². The molecular formula is C17H21ClN4O2. The van der Waals surface area contributed by atoms with Crippen LogP contribution in [0.5, 0.6) is 0 Å². The van der Waals surface area contributed by atoms with Crippen molar-refractivity contribution in [1.82, 2.24) is 19.8 Å². The van der Waals surface area contributed by atoms with Crippen molar-refractivity contribution in [3.63, 3.8) is 0 Å². The van der Waals surface area contributed by atoms with E-state index in [-0.39, 0.29) is 11.5 Å². The van der Waals surface area contributed by atoms with E-state index in [9.17, 15) is 9.59 Å². The minimum Gasteiger partial charge on any atom is -0.340 e. The fourth-order valence-corrected chi connectivity index (χ4v) is 3.15. The Kier molecular flexibility index (Phi) is 5.16. The van der Waals surface area contributed by atoms with Gasteiger partial charge in [0.25, 0.3) is 5.56 Å². The van der Waals surface area contributed by atoms with Gasteiger partial charge in [-0.2, -0.15) is 0 Å². The summed E-state index contributed by atoms with van der Waals surface area (Å²) in [6.45, 7) is 5.63. The fourth-order valence-electron chi connectivity index (χ4n) is 2.97. The molecule has 0 bridgehead atoms. The van der Waals surface area contributed by atoms with Gasteiger partial charge in [0.05, 0.1) is 17.4 Å². The zero-order chi connectivity index (χ0) is 17.1. The van der Waals surface area contributed by atoms with Crippen molar-refractivity contribution in [2.24, 2.45) is 0 Å². The third-order valence-electron chi connectivity index (χ3n) is 4.28. The van der Waals surface area contributed by atoms with E-state index in [1.165, 1.54) is 0 Å². The monoisotopic (exact) mass is 348 g/mol. The zero-order valence-corrected chi connectivity index (χ0v) is 14.5. The molecule has 1 aromatic heterocycles. The Morgan fingerprint density at radius 1 is 1.29 bits per heavy atom. The number of nitrogens with one attached hydrogen (secondary N) is 1. The number of hydrogen-bond acceptors (Lipinski definition) is 4. The van der Waals surface area contributed by atoms with Gasteiger partial charge >= 0.3 is 0 Å². The van der Waals surface area contributed by atoms with Gasteiger partial charge in [-0.1, -0.05) is 18.5 Å². The van der Waals surface area contributed by atoms with Crippen molar-refractivity contribution in [3.05, 3.63) is 39.4 Å². The van der Waals surface area contributed by atoms with Crippen LogP contribution in [0, 0.1) is 0 Å². The summed E-state index contributed by atoms with van der Waals surface area (Å²) in [7, 11) is 0. The lowest BCUT2D eigenvalue weighted by atomic mass is 10.2. The maximum atomic E-state index is 12.2. The maximum Gasteiger partial charge on any atom is 0.258 e. The number of carbonyl (C=O) groups is 1. The summed E-state index contributed by atoms with van der Waals surface area (Å²) in [4.78, 5) is 35.6. The number of carbonyl (C=O) groups excluding carboxylic acids is 1. The normalized spacial score (nSPS) is 15.8. The number of rotatable bonds is 4. The summed E-state index contributed by atoms with van der Waals surface area (Å²) in [5, 5.41) is 1.02. The van der Waals surface area contributed by atoms with Crippen molar-refractivity contribution in [1.29, 1.82) is 0 Å².